The fraction of sp³-hybridized carbons (Fsp3) is 0.409. The molecule has 0 saturated carbocycles. The van der Waals surface area contributed by atoms with Gasteiger partial charge in [0.2, 0.25) is 0 Å². The van der Waals surface area contributed by atoms with Gasteiger partial charge in [-0.1, -0.05) is 24.3 Å². The van der Waals surface area contributed by atoms with E-state index in [-0.39, 0.29) is 18.1 Å². The van der Waals surface area contributed by atoms with Crippen LogP contribution in [0.2, 0.25) is 0 Å². The lowest BCUT2D eigenvalue weighted by atomic mass is 10.0. The number of likely N-dealkylation sites (N-methyl/N-ethyl adjacent to an activating group) is 1. The number of carbonyl (C=O) groups is 1. The number of nitrogens with zero attached hydrogens (tertiary/aromatic N) is 2. The Morgan fingerprint density at radius 2 is 1.81 bits per heavy atom. The molecule has 144 valence electrons. The molecular formula is C22H28N2O3. The van der Waals surface area contributed by atoms with Gasteiger partial charge in [-0.25, -0.2) is 0 Å². The first-order valence-corrected chi connectivity index (χ1v) is 9.19. The highest BCUT2D eigenvalue weighted by molar-refractivity contribution is 5.77. The van der Waals surface area contributed by atoms with Gasteiger partial charge in [-0.3, -0.25) is 4.79 Å². The molecule has 0 atom stereocenters. The van der Waals surface area contributed by atoms with E-state index in [1.54, 1.807) is 11.9 Å². The van der Waals surface area contributed by atoms with Crippen molar-refractivity contribution in [2.24, 2.45) is 0 Å². The van der Waals surface area contributed by atoms with Crippen LogP contribution in [0.5, 0.6) is 11.5 Å². The minimum atomic E-state index is -0.235. The van der Waals surface area contributed by atoms with Gasteiger partial charge in [0.15, 0.2) is 18.1 Å². The van der Waals surface area contributed by atoms with E-state index in [0.717, 1.165) is 29.0 Å². The molecule has 0 saturated heterocycles. The van der Waals surface area contributed by atoms with E-state index < -0.39 is 0 Å². The van der Waals surface area contributed by atoms with Crippen LogP contribution in [0.1, 0.15) is 25.0 Å². The van der Waals surface area contributed by atoms with E-state index in [1.165, 1.54) is 0 Å². The maximum Gasteiger partial charge on any atom is 0.260 e. The van der Waals surface area contributed by atoms with Gasteiger partial charge in [0.1, 0.15) is 5.60 Å². The Balaban J connectivity index is 1.58. The largest absolute Gasteiger partial charge is 0.483 e. The Labute approximate surface area is 161 Å². The first-order valence-electron chi connectivity index (χ1n) is 9.19. The minimum Gasteiger partial charge on any atom is -0.483 e. The number of amides is 1. The SMILES string of the molecule is CN(Cc1ccc(N(C)C)cc1)C(=O)COc1cccc2c1OC(C)(C)C2. The lowest BCUT2D eigenvalue weighted by Crippen LogP contribution is -2.31. The second-order valence-electron chi connectivity index (χ2n) is 7.88. The monoisotopic (exact) mass is 368 g/mol. The zero-order chi connectivity index (χ0) is 19.6. The quantitative estimate of drug-likeness (QED) is 0.783. The standard InChI is InChI=1S/C22H28N2O3/c1-22(2)13-17-7-6-8-19(21(17)27-22)26-15-20(25)24(5)14-16-9-11-18(12-10-16)23(3)4/h6-12H,13-15H2,1-5H3. The number of carbonyl (C=O) groups excluding carboxylic acids is 1. The highest BCUT2D eigenvalue weighted by Crippen LogP contribution is 2.41. The Morgan fingerprint density at radius 3 is 2.48 bits per heavy atom. The molecule has 1 aliphatic rings. The summed E-state index contributed by atoms with van der Waals surface area (Å²) < 4.78 is 11.8. The smallest absolute Gasteiger partial charge is 0.260 e. The second-order valence-corrected chi connectivity index (χ2v) is 7.88. The first kappa shape index (κ1) is 19.1. The summed E-state index contributed by atoms with van der Waals surface area (Å²) >= 11 is 0. The van der Waals surface area contributed by atoms with E-state index in [9.17, 15) is 4.79 Å². The van der Waals surface area contributed by atoms with Crippen molar-refractivity contribution in [3.05, 3.63) is 53.6 Å². The average molecular weight is 368 g/mol. The molecule has 0 aliphatic carbocycles. The van der Waals surface area contributed by atoms with Crippen LogP contribution < -0.4 is 14.4 Å². The van der Waals surface area contributed by atoms with Gasteiger partial charge in [-0.15, -0.1) is 0 Å². The van der Waals surface area contributed by atoms with E-state index in [4.69, 9.17) is 9.47 Å². The molecule has 5 nitrogen and oxygen atoms in total. The molecule has 5 heteroatoms. The molecule has 0 unspecified atom stereocenters. The van der Waals surface area contributed by atoms with Crippen molar-refractivity contribution in [2.75, 3.05) is 32.6 Å². The maximum absolute atomic E-state index is 12.5. The van der Waals surface area contributed by atoms with Crippen LogP contribution in [0.4, 0.5) is 5.69 Å². The molecule has 3 rings (SSSR count). The Morgan fingerprint density at radius 1 is 1.11 bits per heavy atom. The summed E-state index contributed by atoms with van der Waals surface area (Å²) in [5.41, 5.74) is 3.11. The summed E-state index contributed by atoms with van der Waals surface area (Å²) in [7, 11) is 5.81. The Kier molecular flexibility index (Phi) is 5.31. The molecule has 1 aliphatic heterocycles. The van der Waals surface area contributed by atoms with Gasteiger partial charge < -0.3 is 19.3 Å². The lowest BCUT2D eigenvalue weighted by Gasteiger charge is -2.20. The molecule has 0 N–H and O–H groups in total. The second kappa shape index (κ2) is 7.51. The molecule has 0 spiro atoms. The summed E-state index contributed by atoms with van der Waals surface area (Å²) in [5, 5.41) is 0. The zero-order valence-corrected chi connectivity index (χ0v) is 16.8. The van der Waals surface area contributed by atoms with Crippen LogP contribution in [-0.4, -0.2) is 44.2 Å². The molecule has 0 bridgehead atoms. The molecule has 0 fully saturated rings. The molecule has 0 aromatic heterocycles. The highest BCUT2D eigenvalue weighted by atomic mass is 16.5. The topological polar surface area (TPSA) is 42.0 Å². The van der Waals surface area contributed by atoms with Crippen LogP contribution in [0, 0.1) is 0 Å². The van der Waals surface area contributed by atoms with Crippen LogP contribution in [0.3, 0.4) is 0 Å². The van der Waals surface area contributed by atoms with E-state index in [0.29, 0.717) is 12.3 Å². The van der Waals surface area contributed by atoms with Gasteiger partial charge in [-0.05, 0) is 37.6 Å². The van der Waals surface area contributed by atoms with Crippen molar-refractivity contribution in [3.8, 4) is 11.5 Å². The summed E-state index contributed by atoms with van der Waals surface area (Å²) in [5.74, 6) is 1.33. The third-order valence-electron chi connectivity index (χ3n) is 4.70. The summed E-state index contributed by atoms with van der Waals surface area (Å²) in [6, 6.07) is 14.0. The fourth-order valence-electron chi connectivity index (χ4n) is 3.21. The van der Waals surface area contributed by atoms with Gasteiger partial charge in [0.05, 0.1) is 0 Å². The molecular weight excluding hydrogens is 340 g/mol. The zero-order valence-electron chi connectivity index (χ0n) is 16.8. The van der Waals surface area contributed by atoms with Crippen molar-refractivity contribution >= 4 is 11.6 Å². The van der Waals surface area contributed by atoms with Crippen molar-refractivity contribution < 1.29 is 14.3 Å². The van der Waals surface area contributed by atoms with Crippen molar-refractivity contribution in [1.82, 2.24) is 4.90 Å². The number of fused-ring (bicyclic) bond motifs is 1. The number of rotatable bonds is 6. The van der Waals surface area contributed by atoms with Crippen molar-refractivity contribution in [3.63, 3.8) is 0 Å². The third kappa shape index (κ3) is 4.54. The minimum absolute atomic E-state index is 0.00742. The molecule has 1 heterocycles. The Bertz CT molecular complexity index is 813. The van der Waals surface area contributed by atoms with Gasteiger partial charge in [-0.2, -0.15) is 0 Å². The highest BCUT2D eigenvalue weighted by Gasteiger charge is 2.32. The average Bonchev–Trinajstić information content (AvgIpc) is 2.94. The number of para-hydroxylation sites is 1. The molecule has 2 aromatic rings. The van der Waals surface area contributed by atoms with Crippen LogP contribution in [-0.2, 0) is 17.8 Å². The number of benzene rings is 2. The number of anilines is 1. The number of ether oxygens (including phenoxy) is 2. The van der Waals surface area contributed by atoms with Gasteiger partial charge in [0.25, 0.3) is 5.91 Å². The summed E-state index contributed by atoms with van der Waals surface area (Å²) in [6.45, 7) is 4.65. The Hall–Kier alpha value is -2.69. The molecule has 27 heavy (non-hydrogen) atoms. The number of hydrogen-bond donors (Lipinski definition) is 0. The molecule has 1 amide bonds. The van der Waals surface area contributed by atoms with Crippen LogP contribution >= 0.6 is 0 Å². The van der Waals surface area contributed by atoms with E-state index in [2.05, 4.69) is 26.0 Å². The van der Waals surface area contributed by atoms with Gasteiger partial charge >= 0.3 is 0 Å². The van der Waals surface area contributed by atoms with Gasteiger partial charge in [0, 0.05) is 45.4 Å². The lowest BCUT2D eigenvalue weighted by molar-refractivity contribution is -0.132. The maximum atomic E-state index is 12.5. The third-order valence-corrected chi connectivity index (χ3v) is 4.70. The fourth-order valence-corrected chi connectivity index (χ4v) is 3.21. The predicted molar refractivity (Wildman–Crippen MR) is 108 cm³/mol. The molecule has 0 radical (unpaired) electrons. The normalized spacial score (nSPS) is 14.3. The van der Waals surface area contributed by atoms with Crippen molar-refractivity contribution in [2.45, 2.75) is 32.4 Å². The predicted octanol–water partition coefficient (Wildman–Crippen LogP) is 3.50. The van der Waals surface area contributed by atoms with Crippen LogP contribution in [0.25, 0.3) is 0 Å². The van der Waals surface area contributed by atoms with E-state index in [1.807, 2.05) is 49.3 Å². The van der Waals surface area contributed by atoms with Crippen molar-refractivity contribution in [1.29, 1.82) is 0 Å². The molecule has 2 aromatic carbocycles. The van der Waals surface area contributed by atoms with E-state index >= 15 is 0 Å². The summed E-state index contributed by atoms with van der Waals surface area (Å²) in [6.07, 6.45) is 0.844. The van der Waals surface area contributed by atoms with Crippen LogP contribution in [0.15, 0.2) is 42.5 Å². The first-order chi connectivity index (χ1) is 12.7. The summed E-state index contributed by atoms with van der Waals surface area (Å²) in [4.78, 5) is 16.2. The number of hydrogen-bond acceptors (Lipinski definition) is 4.